The zero-order valence-electron chi connectivity index (χ0n) is 17.7. The molecule has 3 rings (SSSR count). The molecule has 1 saturated heterocycles. The standard InChI is InChI=1S/C22H21F3N4O4/c1-11(2)33-20(32)21(10-26)15-8-7-12(18(27)30)9-29(15)17(19(28)31)16(21)13-5-3-4-6-14(13)22(23,24)25/h3-9,11,15-17H,1-2H3,(H2,27,30)(H2,28,31)/t15-,16+,17+,21+/m1/s1. The van der Waals surface area contributed by atoms with E-state index in [4.69, 9.17) is 16.2 Å². The van der Waals surface area contributed by atoms with Crippen LogP contribution in [0.5, 0.6) is 0 Å². The number of nitrogens with zero attached hydrogens (tertiary/aromatic N) is 2. The van der Waals surface area contributed by atoms with Crippen molar-refractivity contribution < 1.29 is 32.3 Å². The van der Waals surface area contributed by atoms with Crippen LogP contribution in [-0.4, -0.2) is 40.9 Å². The van der Waals surface area contributed by atoms with Gasteiger partial charge in [-0.3, -0.25) is 14.4 Å². The van der Waals surface area contributed by atoms with Crippen molar-refractivity contribution in [2.45, 2.75) is 44.1 Å². The number of carbonyl (C=O) groups excluding carboxylic acids is 3. The second kappa shape index (κ2) is 8.27. The number of amides is 2. The fraction of sp³-hybridized carbons (Fsp3) is 0.364. The van der Waals surface area contributed by atoms with Gasteiger partial charge in [-0.05, 0) is 31.6 Å². The van der Waals surface area contributed by atoms with Crippen LogP contribution >= 0.6 is 0 Å². The highest BCUT2D eigenvalue weighted by Crippen LogP contribution is 2.55. The molecule has 2 aliphatic rings. The van der Waals surface area contributed by atoms with Crippen LogP contribution < -0.4 is 11.5 Å². The molecule has 1 aromatic rings. The van der Waals surface area contributed by atoms with Gasteiger partial charge in [0, 0.05) is 12.1 Å². The second-order valence-electron chi connectivity index (χ2n) is 8.04. The maximum absolute atomic E-state index is 13.9. The number of alkyl halides is 3. The van der Waals surface area contributed by atoms with Crippen LogP contribution in [0.3, 0.4) is 0 Å². The van der Waals surface area contributed by atoms with Crippen LogP contribution in [0.1, 0.15) is 30.9 Å². The van der Waals surface area contributed by atoms with Gasteiger partial charge in [-0.15, -0.1) is 0 Å². The number of ether oxygens (including phenoxy) is 1. The fourth-order valence-electron chi connectivity index (χ4n) is 4.46. The molecular weight excluding hydrogens is 441 g/mol. The van der Waals surface area contributed by atoms with E-state index < -0.39 is 64.6 Å². The first-order valence-corrected chi connectivity index (χ1v) is 9.91. The quantitative estimate of drug-likeness (QED) is 0.639. The first-order valence-electron chi connectivity index (χ1n) is 9.91. The van der Waals surface area contributed by atoms with Crippen molar-refractivity contribution in [2.24, 2.45) is 16.9 Å². The van der Waals surface area contributed by atoms with Gasteiger partial charge in [-0.25, -0.2) is 0 Å². The van der Waals surface area contributed by atoms with Crippen molar-refractivity contribution in [1.29, 1.82) is 5.26 Å². The normalized spacial score (nSPS) is 26.4. The van der Waals surface area contributed by atoms with E-state index in [1.54, 1.807) is 0 Å². The molecule has 0 unspecified atom stereocenters. The summed E-state index contributed by atoms with van der Waals surface area (Å²) >= 11 is 0. The number of fused-ring (bicyclic) bond motifs is 1. The maximum Gasteiger partial charge on any atom is 0.416 e. The van der Waals surface area contributed by atoms with Crippen molar-refractivity contribution in [3.8, 4) is 6.07 Å². The lowest BCUT2D eigenvalue weighted by Crippen LogP contribution is -2.46. The molecule has 4 atom stereocenters. The number of esters is 1. The highest BCUT2D eigenvalue weighted by atomic mass is 19.4. The summed E-state index contributed by atoms with van der Waals surface area (Å²) in [5, 5.41) is 10.3. The number of benzene rings is 1. The number of rotatable bonds is 5. The Labute approximate surface area is 187 Å². The van der Waals surface area contributed by atoms with Crippen LogP contribution in [0.15, 0.2) is 48.2 Å². The van der Waals surface area contributed by atoms with Crippen molar-refractivity contribution >= 4 is 17.8 Å². The highest BCUT2D eigenvalue weighted by Gasteiger charge is 2.67. The third-order valence-electron chi connectivity index (χ3n) is 5.70. The van der Waals surface area contributed by atoms with E-state index in [1.807, 2.05) is 6.07 Å². The summed E-state index contributed by atoms with van der Waals surface area (Å²) in [5.74, 6) is -4.74. The number of carbonyl (C=O) groups is 3. The number of hydrogen-bond acceptors (Lipinski definition) is 6. The minimum atomic E-state index is -4.85. The predicted octanol–water partition coefficient (Wildman–Crippen LogP) is 1.73. The van der Waals surface area contributed by atoms with E-state index in [-0.39, 0.29) is 5.57 Å². The Morgan fingerprint density at radius 1 is 1.21 bits per heavy atom. The molecule has 0 spiro atoms. The number of halogens is 3. The minimum absolute atomic E-state index is 0.0775. The molecule has 2 amide bonds. The van der Waals surface area contributed by atoms with Gasteiger partial charge in [0.25, 0.3) is 0 Å². The monoisotopic (exact) mass is 462 g/mol. The molecule has 0 aliphatic carbocycles. The van der Waals surface area contributed by atoms with E-state index in [0.717, 1.165) is 29.3 Å². The van der Waals surface area contributed by atoms with Gasteiger partial charge in [0.1, 0.15) is 6.04 Å². The summed E-state index contributed by atoms with van der Waals surface area (Å²) in [6.45, 7) is 3.03. The zero-order chi connectivity index (χ0) is 24.7. The van der Waals surface area contributed by atoms with Crippen LogP contribution in [0.4, 0.5) is 13.2 Å². The van der Waals surface area contributed by atoms with Gasteiger partial charge in [0.15, 0.2) is 5.41 Å². The van der Waals surface area contributed by atoms with Gasteiger partial charge in [0.05, 0.1) is 29.4 Å². The third-order valence-corrected chi connectivity index (χ3v) is 5.70. The molecule has 0 bridgehead atoms. The molecule has 0 aromatic heterocycles. The SMILES string of the molecule is CC(C)OC(=O)[C@]1(C#N)[C@@H](c2ccccc2C(F)(F)F)[C@@H](C(N)=O)N2C=C(C(N)=O)C=C[C@@H]21. The Kier molecular flexibility index (Phi) is 5.98. The number of nitriles is 1. The summed E-state index contributed by atoms with van der Waals surface area (Å²) in [6, 6.07) is 3.36. The summed E-state index contributed by atoms with van der Waals surface area (Å²) in [7, 11) is 0. The summed E-state index contributed by atoms with van der Waals surface area (Å²) < 4.78 is 47.0. The minimum Gasteiger partial charge on any atom is -0.462 e. The van der Waals surface area contributed by atoms with Crippen LogP contribution in [-0.2, 0) is 25.3 Å². The first-order chi connectivity index (χ1) is 15.4. The largest absolute Gasteiger partial charge is 0.462 e. The third kappa shape index (κ3) is 3.82. The summed E-state index contributed by atoms with van der Waals surface area (Å²) in [6.07, 6.45) is -1.90. The molecular formula is C22H21F3N4O4. The van der Waals surface area contributed by atoms with Gasteiger partial charge < -0.3 is 21.1 Å². The molecule has 174 valence electrons. The van der Waals surface area contributed by atoms with Crippen molar-refractivity contribution in [3.63, 3.8) is 0 Å². The Morgan fingerprint density at radius 3 is 2.36 bits per heavy atom. The Bertz CT molecular complexity index is 1110. The molecule has 2 aliphatic heterocycles. The van der Waals surface area contributed by atoms with Crippen LogP contribution in [0, 0.1) is 16.7 Å². The molecule has 8 nitrogen and oxygen atoms in total. The average Bonchev–Trinajstić information content (AvgIpc) is 3.03. The van der Waals surface area contributed by atoms with Gasteiger partial charge in [0.2, 0.25) is 11.8 Å². The lowest BCUT2D eigenvalue weighted by molar-refractivity contribution is -0.158. The van der Waals surface area contributed by atoms with Crippen molar-refractivity contribution in [2.75, 3.05) is 0 Å². The molecule has 4 N–H and O–H groups in total. The lowest BCUT2D eigenvalue weighted by Gasteiger charge is -2.33. The maximum atomic E-state index is 13.9. The number of primary amides is 2. The van der Waals surface area contributed by atoms with E-state index in [2.05, 4.69) is 0 Å². The average molecular weight is 462 g/mol. The van der Waals surface area contributed by atoms with Crippen molar-refractivity contribution in [3.05, 3.63) is 59.3 Å². The Hall–Kier alpha value is -3.81. The van der Waals surface area contributed by atoms with Gasteiger partial charge in [-0.2, -0.15) is 18.4 Å². The van der Waals surface area contributed by atoms with Gasteiger partial charge in [-0.1, -0.05) is 24.3 Å². The van der Waals surface area contributed by atoms with E-state index in [9.17, 15) is 32.8 Å². The van der Waals surface area contributed by atoms with Gasteiger partial charge >= 0.3 is 12.1 Å². The Morgan fingerprint density at radius 2 is 1.85 bits per heavy atom. The van der Waals surface area contributed by atoms with E-state index in [0.29, 0.717) is 0 Å². The molecule has 0 radical (unpaired) electrons. The van der Waals surface area contributed by atoms with Crippen molar-refractivity contribution in [1.82, 2.24) is 4.90 Å². The predicted molar refractivity (Wildman–Crippen MR) is 108 cm³/mol. The molecule has 33 heavy (non-hydrogen) atoms. The summed E-state index contributed by atoms with van der Waals surface area (Å²) in [4.78, 5) is 38.8. The first kappa shape index (κ1) is 23.8. The number of hydrogen-bond donors (Lipinski definition) is 2. The number of nitrogens with two attached hydrogens (primary N) is 2. The Balaban J connectivity index is 2.38. The van der Waals surface area contributed by atoms with E-state index in [1.165, 1.54) is 32.1 Å². The molecule has 2 heterocycles. The van der Waals surface area contributed by atoms with Crippen LogP contribution in [0.25, 0.3) is 0 Å². The fourth-order valence-corrected chi connectivity index (χ4v) is 4.46. The topological polar surface area (TPSA) is 140 Å². The molecule has 0 saturated carbocycles. The van der Waals surface area contributed by atoms with E-state index >= 15 is 0 Å². The molecule has 11 heteroatoms. The van der Waals surface area contributed by atoms with Crippen LogP contribution in [0.2, 0.25) is 0 Å². The zero-order valence-corrected chi connectivity index (χ0v) is 17.7. The molecule has 1 fully saturated rings. The lowest BCUT2D eigenvalue weighted by atomic mass is 9.67. The second-order valence-corrected chi connectivity index (χ2v) is 8.04. The highest BCUT2D eigenvalue weighted by molar-refractivity contribution is 5.96. The molecule has 1 aromatic carbocycles. The summed E-state index contributed by atoms with van der Waals surface area (Å²) in [5.41, 5.74) is 6.96. The smallest absolute Gasteiger partial charge is 0.416 e.